The van der Waals surface area contributed by atoms with Crippen LogP contribution in [0.25, 0.3) is 0 Å². The van der Waals surface area contributed by atoms with Gasteiger partial charge < -0.3 is 29.9 Å². The molecule has 0 saturated carbocycles. The quantitative estimate of drug-likeness (QED) is 0.181. The molecule has 3 atom stereocenters. The topological polar surface area (TPSA) is 117 Å². The third-order valence-electron chi connectivity index (χ3n) is 9.80. The summed E-state index contributed by atoms with van der Waals surface area (Å²) in [5.74, 6) is 1.28. The Bertz CT molecular complexity index is 1630. The minimum atomic E-state index is -0.745. The SMILES string of the molecule is CCCCCCCCCC(=O)N[C@H]1CCCN(C)C(=O)c2cccc(c2)OC[C@@H]2C[C@H](NC(=O)Cc3cccc(Oc4ccccc4)c3)CN2C1=O. The van der Waals surface area contributed by atoms with Gasteiger partial charge in [0.15, 0.2) is 0 Å². The Labute approximate surface area is 308 Å². The lowest BCUT2D eigenvalue weighted by Gasteiger charge is -2.30. The zero-order valence-electron chi connectivity index (χ0n) is 30.7. The Balaban J connectivity index is 1.25. The van der Waals surface area contributed by atoms with E-state index in [4.69, 9.17) is 9.47 Å². The van der Waals surface area contributed by atoms with Crippen molar-refractivity contribution in [3.8, 4) is 17.2 Å². The van der Waals surface area contributed by atoms with E-state index in [9.17, 15) is 19.2 Å². The molecule has 0 radical (unpaired) electrons. The molecule has 0 unspecified atom stereocenters. The molecule has 1 saturated heterocycles. The van der Waals surface area contributed by atoms with Gasteiger partial charge in [0.05, 0.1) is 12.5 Å². The molecule has 278 valence electrons. The van der Waals surface area contributed by atoms with Crippen molar-refractivity contribution in [2.75, 3.05) is 26.7 Å². The minimum Gasteiger partial charge on any atom is -0.491 e. The van der Waals surface area contributed by atoms with Gasteiger partial charge in [0.2, 0.25) is 17.7 Å². The number of ether oxygens (including phenoxy) is 2. The molecule has 52 heavy (non-hydrogen) atoms. The third-order valence-corrected chi connectivity index (χ3v) is 9.80. The van der Waals surface area contributed by atoms with Gasteiger partial charge in [0.25, 0.3) is 5.91 Å². The van der Waals surface area contributed by atoms with Crippen LogP contribution in [-0.4, -0.2) is 78.3 Å². The number of rotatable bonds is 14. The molecule has 0 aromatic heterocycles. The molecule has 2 bridgehead atoms. The predicted molar refractivity (Wildman–Crippen MR) is 201 cm³/mol. The van der Waals surface area contributed by atoms with Crippen LogP contribution >= 0.6 is 0 Å². The van der Waals surface area contributed by atoms with Crippen LogP contribution in [0.15, 0.2) is 78.9 Å². The summed E-state index contributed by atoms with van der Waals surface area (Å²) in [4.78, 5) is 57.4. The van der Waals surface area contributed by atoms with Crippen LogP contribution in [-0.2, 0) is 20.8 Å². The van der Waals surface area contributed by atoms with Gasteiger partial charge in [-0.3, -0.25) is 19.2 Å². The Morgan fingerprint density at radius 1 is 0.846 bits per heavy atom. The summed E-state index contributed by atoms with van der Waals surface area (Å²) in [6.07, 6.45) is 9.66. The van der Waals surface area contributed by atoms with Gasteiger partial charge in [-0.1, -0.05) is 81.8 Å². The highest BCUT2D eigenvalue weighted by Gasteiger charge is 2.39. The summed E-state index contributed by atoms with van der Waals surface area (Å²) in [5.41, 5.74) is 1.34. The van der Waals surface area contributed by atoms with Crippen LogP contribution in [0.5, 0.6) is 17.2 Å². The van der Waals surface area contributed by atoms with Gasteiger partial charge in [-0.05, 0) is 73.7 Å². The van der Waals surface area contributed by atoms with Gasteiger partial charge in [0, 0.05) is 38.2 Å². The average molecular weight is 711 g/mol. The number of carbonyl (C=O) groups is 4. The molecule has 10 heteroatoms. The van der Waals surface area contributed by atoms with Crippen molar-refractivity contribution in [1.82, 2.24) is 20.4 Å². The van der Waals surface area contributed by atoms with E-state index in [-0.39, 0.29) is 48.7 Å². The lowest BCUT2D eigenvalue weighted by Crippen LogP contribution is -2.52. The number of nitrogens with one attached hydrogen (secondary N) is 2. The van der Waals surface area contributed by atoms with Gasteiger partial charge in [-0.15, -0.1) is 0 Å². The number of amides is 4. The van der Waals surface area contributed by atoms with Crippen LogP contribution in [0.4, 0.5) is 0 Å². The summed E-state index contributed by atoms with van der Waals surface area (Å²) in [5, 5.41) is 6.19. The van der Waals surface area contributed by atoms with Gasteiger partial charge in [0.1, 0.15) is 29.9 Å². The molecule has 4 amide bonds. The molecule has 3 aromatic rings. The van der Waals surface area contributed by atoms with Gasteiger partial charge >= 0.3 is 0 Å². The van der Waals surface area contributed by atoms with Crippen LogP contribution in [0.1, 0.15) is 93.5 Å². The molecular formula is C42H54N4O6. The number of para-hydroxylation sites is 1. The maximum absolute atomic E-state index is 14.3. The first-order valence-electron chi connectivity index (χ1n) is 19.0. The molecular weight excluding hydrogens is 656 g/mol. The van der Waals surface area contributed by atoms with Crippen molar-refractivity contribution < 1.29 is 28.7 Å². The molecule has 1 fully saturated rings. The van der Waals surface area contributed by atoms with E-state index in [1.54, 1.807) is 41.1 Å². The largest absolute Gasteiger partial charge is 0.491 e. The predicted octanol–water partition coefficient (Wildman–Crippen LogP) is 6.68. The summed E-state index contributed by atoms with van der Waals surface area (Å²) in [7, 11) is 1.74. The molecule has 0 aliphatic carbocycles. The summed E-state index contributed by atoms with van der Waals surface area (Å²) < 4.78 is 12.1. The van der Waals surface area contributed by atoms with Crippen molar-refractivity contribution in [3.05, 3.63) is 90.0 Å². The number of nitrogens with zero attached hydrogens (tertiary/aromatic N) is 2. The van der Waals surface area contributed by atoms with Crippen molar-refractivity contribution in [2.45, 2.75) is 102 Å². The van der Waals surface area contributed by atoms with Crippen LogP contribution < -0.4 is 20.1 Å². The highest BCUT2D eigenvalue weighted by Crippen LogP contribution is 2.25. The van der Waals surface area contributed by atoms with Gasteiger partial charge in [-0.25, -0.2) is 0 Å². The smallest absolute Gasteiger partial charge is 0.253 e. The number of unbranched alkanes of at least 4 members (excludes halogenated alkanes) is 6. The maximum atomic E-state index is 14.3. The second-order valence-electron chi connectivity index (χ2n) is 14.1. The molecule has 10 nitrogen and oxygen atoms in total. The van der Waals surface area contributed by atoms with Crippen LogP contribution in [0.2, 0.25) is 0 Å². The Morgan fingerprint density at radius 3 is 2.40 bits per heavy atom. The van der Waals surface area contributed by atoms with Crippen molar-refractivity contribution in [3.63, 3.8) is 0 Å². The average Bonchev–Trinajstić information content (AvgIpc) is 3.54. The highest BCUT2D eigenvalue weighted by atomic mass is 16.5. The maximum Gasteiger partial charge on any atom is 0.253 e. The zero-order chi connectivity index (χ0) is 36.7. The van der Waals surface area contributed by atoms with E-state index in [0.717, 1.165) is 24.8 Å². The van der Waals surface area contributed by atoms with Crippen molar-refractivity contribution >= 4 is 23.6 Å². The van der Waals surface area contributed by atoms with Crippen molar-refractivity contribution in [1.29, 1.82) is 0 Å². The number of hydrogen-bond acceptors (Lipinski definition) is 6. The molecule has 2 aliphatic rings. The molecule has 2 aliphatic heterocycles. The van der Waals surface area contributed by atoms with E-state index in [0.29, 0.717) is 61.6 Å². The van der Waals surface area contributed by atoms with Gasteiger partial charge in [-0.2, -0.15) is 0 Å². The zero-order valence-corrected chi connectivity index (χ0v) is 30.7. The first kappa shape index (κ1) is 38.4. The summed E-state index contributed by atoms with van der Waals surface area (Å²) >= 11 is 0. The first-order valence-corrected chi connectivity index (χ1v) is 19.0. The standard InChI is InChI=1S/C42H54N4O6/c1-3-4-5-6-7-8-12-23-39(47)44-38-22-15-24-45(2)41(49)32-17-14-20-36(27-32)51-30-34-28-33(29-46(34)42(38)50)43-40(48)26-31-16-13-21-37(25-31)52-35-18-10-9-11-19-35/h9-11,13-14,16-21,25,27,33-34,38H,3-8,12,15,22-24,26,28-30H2,1-2H3,(H,43,48)(H,44,47)/t33-,34-,38-/m0/s1. The fourth-order valence-electron chi connectivity index (χ4n) is 6.99. The number of hydrogen-bond donors (Lipinski definition) is 2. The van der Waals surface area contributed by atoms with E-state index in [2.05, 4.69) is 17.6 Å². The second kappa shape index (κ2) is 19.7. The number of fused-ring (bicyclic) bond motifs is 3. The molecule has 2 heterocycles. The Hall–Kier alpha value is -4.86. The summed E-state index contributed by atoms with van der Waals surface area (Å²) in [6.45, 7) is 3.12. The number of benzene rings is 3. The lowest BCUT2D eigenvalue weighted by molar-refractivity contribution is -0.138. The monoisotopic (exact) mass is 710 g/mol. The Morgan fingerprint density at radius 2 is 1.60 bits per heavy atom. The van der Waals surface area contributed by atoms with E-state index < -0.39 is 6.04 Å². The van der Waals surface area contributed by atoms with Crippen molar-refractivity contribution in [2.24, 2.45) is 0 Å². The second-order valence-corrected chi connectivity index (χ2v) is 14.1. The Kier molecular flexibility index (Phi) is 14.5. The fraction of sp³-hybridized carbons (Fsp3) is 0.476. The minimum absolute atomic E-state index is 0.129. The van der Waals surface area contributed by atoms with Crippen LogP contribution in [0, 0.1) is 0 Å². The van der Waals surface area contributed by atoms with Crippen LogP contribution in [0.3, 0.4) is 0 Å². The molecule has 3 aromatic carbocycles. The lowest BCUT2D eigenvalue weighted by atomic mass is 10.1. The van der Waals surface area contributed by atoms with E-state index in [1.165, 1.54) is 25.7 Å². The number of carbonyl (C=O) groups excluding carboxylic acids is 4. The summed E-state index contributed by atoms with van der Waals surface area (Å²) in [6, 6.07) is 22.7. The normalized spacial score (nSPS) is 19.3. The molecule has 2 N–H and O–H groups in total. The first-order chi connectivity index (χ1) is 25.3. The van der Waals surface area contributed by atoms with E-state index in [1.807, 2.05) is 54.6 Å². The highest BCUT2D eigenvalue weighted by molar-refractivity contribution is 5.94. The molecule has 0 spiro atoms. The van der Waals surface area contributed by atoms with E-state index >= 15 is 0 Å². The third kappa shape index (κ3) is 11.6. The fourth-order valence-corrected chi connectivity index (χ4v) is 6.99. The molecule has 5 rings (SSSR count).